The van der Waals surface area contributed by atoms with Crippen molar-refractivity contribution in [3.8, 4) is 0 Å². The summed E-state index contributed by atoms with van der Waals surface area (Å²) in [6.45, 7) is 4.40. The van der Waals surface area contributed by atoms with Gasteiger partial charge in [-0.3, -0.25) is 9.36 Å². The molecule has 136 valence electrons. The van der Waals surface area contributed by atoms with Gasteiger partial charge in [0.25, 0.3) is 0 Å². The summed E-state index contributed by atoms with van der Waals surface area (Å²) in [4.78, 5) is 13.5. The fourth-order valence-corrected chi connectivity index (χ4v) is 3.14. The van der Waals surface area contributed by atoms with Gasteiger partial charge in [0, 0.05) is 52.6 Å². The Morgan fingerprint density at radius 1 is 1.33 bits per heavy atom. The van der Waals surface area contributed by atoms with Crippen molar-refractivity contribution in [2.24, 2.45) is 0 Å². The van der Waals surface area contributed by atoms with Crippen molar-refractivity contribution in [2.45, 2.75) is 31.6 Å². The van der Waals surface area contributed by atoms with Gasteiger partial charge in [-0.05, 0) is 13.3 Å². The molecule has 0 bridgehead atoms. The lowest BCUT2D eigenvalue weighted by Crippen LogP contribution is -2.31. The summed E-state index contributed by atoms with van der Waals surface area (Å²) < 4.78 is 30.8. The molecular weight excluding hydrogens is 334 g/mol. The van der Waals surface area contributed by atoms with Gasteiger partial charge in [-0.25, -0.2) is 8.42 Å². The zero-order valence-corrected chi connectivity index (χ0v) is 15.2. The number of aromatic nitrogens is 3. The van der Waals surface area contributed by atoms with Gasteiger partial charge in [0.15, 0.2) is 15.7 Å². The van der Waals surface area contributed by atoms with Crippen LogP contribution >= 0.6 is 0 Å². The van der Waals surface area contributed by atoms with Gasteiger partial charge in [-0.2, -0.15) is 0 Å². The number of nitrogens with one attached hydrogen (secondary N) is 1. The number of carbonyl (C=O) groups is 1. The lowest BCUT2D eigenvalue weighted by atomic mass is 10.3. The van der Waals surface area contributed by atoms with E-state index in [9.17, 15) is 13.2 Å². The van der Waals surface area contributed by atoms with Crippen LogP contribution in [-0.2, 0) is 25.9 Å². The van der Waals surface area contributed by atoms with Crippen LogP contribution in [0, 0.1) is 0 Å². The summed E-state index contributed by atoms with van der Waals surface area (Å²) in [5.74, 6) is 1.04. The van der Waals surface area contributed by atoms with Crippen LogP contribution in [0.3, 0.4) is 0 Å². The number of anilines is 1. The number of sulfone groups is 1. The van der Waals surface area contributed by atoms with E-state index in [0.717, 1.165) is 6.42 Å². The fourth-order valence-electron chi connectivity index (χ4n) is 2.58. The SMILES string of the molecule is COCCCn1c(C(C)S(C)(=O)=O)nnc1N1CCNC(=O)CC1. The van der Waals surface area contributed by atoms with Gasteiger partial charge in [0.2, 0.25) is 11.9 Å². The molecule has 1 saturated heterocycles. The number of hydrogen-bond acceptors (Lipinski definition) is 7. The van der Waals surface area contributed by atoms with Gasteiger partial charge >= 0.3 is 0 Å². The van der Waals surface area contributed by atoms with E-state index in [1.807, 2.05) is 9.47 Å². The van der Waals surface area contributed by atoms with Gasteiger partial charge < -0.3 is 15.0 Å². The number of hydrogen-bond donors (Lipinski definition) is 1. The normalized spacial score (nSPS) is 17.5. The average Bonchev–Trinajstić information content (AvgIpc) is 2.80. The van der Waals surface area contributed by atoms with Crippen LogP contribution in [0.2, 0.25) is 0 Å². The van der Waals surface area contributed by atoms with Crippen molar-refractivity contribution < 1.29 is 17.9 Å². The molecule has 0 radical (unpaired) electrons. The van der Waals surface area contributed by atoms with Crippen LogP contribution in [0.5, 0.6) is 0 Å². The van der Waals surface area contributed by atoms with E-state index in [4.69, 9.17) is 4.74 Å². The second kappa shape index (κ2) is 7.93. The number of nitrogens with zero attached hydrogens (tertiary/aromatic N) is 4. The summed E-state index contributed by atoms with van der Waals surface area (Å²) in [5.41, 5.74) is 0. The molecule has 1 amide bonds. The Morgan fingerprint density at radius 3 is 2.75 bits per heavy atom. The molecule has 2 rings (SSSR count). The van der Waals surface area contributed by atoms with E-state index >= 15 is 0 Å². The molecule has 1 aromatic heterocycles. The van der Waals surface area contributed by atoms with Crippen molar-refractivity contribution in [3.63, 3.8) is 0 Å². The summed E-state index contributed by atoms with van der Waals surface area (Å²) in [6, 6.07) is 0. The minimum Gasteiger partial charge on any atom is -0.385 e. The first kappa shape index (κ1) is 18.7. The van der Waals surface area contributed by atoms with Crippen LogP contribution in [-0.4, -0.2) is 68.7 Å². The molecule has 10 heteroatoms. The predicted molar refractivity (Wildman–Crippen MR) is 89.6 cm³/mol. The first-order valence-corrected chi connectivity index (χ1v) is 9.92. The summed E-state index contributed by atoms with van der Waals surface area (Å²) >= 11 is 0. The zero-order chi connectivity index (χ0) is 17.7. The van der Waals surface area contributed by atoms with Crippen LogP contribution in [0.15, 0.2) is 0 Å². The largest absolute Gasteiger partial charge is 0.385 e. The van der Waals surface area contributed by atoms with Crippen LogP contribution in [0.25, 0.3) is 0 Å². The fraction of sp³-hybridized carbons (Fsp3) is 0.786. The first-order valence-electron chi connectivity index (χ1n) is 7.97. The van der Waals surface area contributed by atoms with Gasteiger partial charge in [0.1, 0.15) is 5.25 Å². The van der Waals surface area contributed by atoms with Crippen LogP contribution < -0.4 is 10.2 Å². The Morgan fingerprint density at radius 2 is 2.08 bits per heavy atom. The minimum absolute atomic E-state index is 0.00711. The van der Waals surface area contributed by atoms with Crippen LogP contribution in [0.4, 0.5) is 5.95 Å². The molecule has 0 spiro atoms. The topological polar surface area (TPSA) is 106 Å². The first-order chi connectivity index (χ1) is 11.3. The monoisotopic (exact) mass is 359 g/mol. The van der Waals surface area contributed by atoms with Crippen molar-refractivity contribution >= 4 is 21.7 Å². The molecule has 0 saturated carbocycles. The maximum Gasteiger partial charge on any atom is 0.227 e. The molecule has 1 aliphatic rings. The summed E-state index contributed by atoms with van der Waals surface area (Å²) in [6.07, 6.45) is 2.29. The number of methoxy groups -OCH3 is 1. The maximum atomic E-state index is 11.9. The molecule has 9 nitrogen and oxygen atoms in total. The highest BCUT2D eigenvalue weighted by molar-refractivity contribution is 7.90. The van der Waals surface area contributed by atoms with Crippen molar-refractivity contribution in [2.75, 3.05) is 44.5 Å². The highest BCUT2D eigenvalue weighted by Gasteiger charge is 2.27. The molecule has 2 heterocycles. The minimum atomic E-state index is -3.28. The van der Waals surface area contributed by atoms with Crippen molar-refractivity contribution in [1.82, 2.24) is 20.1 Å². The highest BCUT2D eigenvalue weighted by Crippen LogP contribution is 2.24. The van der Waals surface area contributed by atoms with Gasteiger partial charge in [-0.1, -0.05) is 0 Å². The molecule has 1 fully saturated rings. The third-order valence-corrected chi connectivity index (χ3v) is 5.59. The van der Waals surface area contributed by atoms with E-state index in [-0.39, 0.29) is 5.91 Å². The molecular formula is C14H25N5O4S. The summed E-state index contributed by atoms with van der Waals surface area (Å²) in [5, 5.41) is 10.4. The molecule has 1 unspecified atom stereocenters. The highest BCUT2D eigenvalue weighted by atomic mass is 32.2. The Kier molecular flexibility index (Phi) is 6.16. The molecule has 1 N–H and O–H groups in total. The third kappa shape index (κ3) is 4.44. The second-order valence-corrected chi connectivity index (χ2v) is 8.28. The zero-order valence-electron chi connectivity index (χ0n) is 14.4. The summed E-state index contributed by atoms with van der Waals surface area (Å²) in [7, 11) is -1.66. The maximum absolute atomic E-state index is 11.9. The number of carbonyl (C=O) groups excluding carboxylic acids is 1. The molecule has 1 aliphatic heterocycles. The molecule has 1 aromatic rings. The number of ether oxygens (including phenoxy) is 1. The smallest absolute Gasteiger partial charge is 0.227 e. The molecule has 0 aliphatic carbocycles. The van der Waals surface area contributed by atoms with E-state index < -0.39 is 15.1 Å². The van der Waals surface area contributed by atoms with E-state index in [0.29, 0.717) is 51.0 Å². The molecule has 24 heavy (non-hydrogen) atoms. The predicted octanol–water partition coefficient (Wildman–Crippen LogP) is -0.253. The Labute approximate surface area is 142 Å². The molecule has 1 atom stereocenters. The van der Waals surface area contributed by atoms with E-state index in [2.05, 4.69) is 15.5 Å². The average molecular weight is 359 g/mol. The van der Waals surface area contributed by atoms with E-state index in [1.165, 1.54) is 6.26 Å². The Hall–Kier alpha value is -1.68. The van der Waals surface area contributed by atoms with Crippen LogP contribution in [0.1, 0.15) is 30.8 Å². The third-order valence-electron chi connectivity index (χ3n) is 4.09. The lowest BCUT2D eigenvalue weighted by Gasteiger charge is -2.22. The molecule has 0 aromatic carbocycles. The van der Waals surface area contributed by atoms with E-state index in [1.54, 1.807) is 14.0 Å². The second-order valence-electron chi connectivity index (χ2n) is 5.91. The Balaban J connectivity index is 2.32. The Bertz CT molecular complexity index is 673. The lowest BCUT2D eigenvalue weighted by molar-refractivity contribution is -0.120. The van der Waals surface area contributed by atoms with Crippen molar-refractivity contribution in [3.05, 3.63) is 5.82 Å². The standard InChI is InChI=1S/C14H25N5O4S/c1-11(24(3,21)22)13-16-17-14(19(13)7-4-10-23-2)18-8-5-12(20)15-6-9-18/h11H,4-10H2,1-3H3,(H,15,20). The van der Waals surface area contributed by atoms with Crippen molar-refractivity contribution in [1.29, 1.82) is 0 Å². The number of rotatable bonds is 7. The number of amides is 1. The van der Waals surface area contributed by atoms with Gasteiger partial charge in [-0.15, -0.1) is 10.2 Å². The van der Waals surface area contributed by atoms with Gasteiger partial charge in [0.05, 0.1) is 0 Å². The quantitative estimate of drug-likeness (QED) is 0.669.